The predicted molar refractivity (Wildman–Crippen MR) is 117 cm³/mol. The summed E-state index contributed by atoms with van der Waals surface area (Å²) in [6, 6.07) is 4.71. The lowest BCUT2D eigenvalue weighted by molar-refractivity contribution is 0.0177. The highest BCUT2D eigenvalue weighted by atomic mass is 127. The predicted octanol–water partition coefficient (Wildman–Crippen LogP) is 1.86. The molecule has 0 bridgehead atoms. The molecule has 0 amide bonds. The number of rotatable bonds is 8. The number of nitrogens with one attached hydrogen (secondary N) is 2. The van der Waals surface area contributed by atoms with Gasteiger partial charge in [-0.15, -0.1) is 35.3 Å². The van der Waals surface area contributed by atoms with E-state index < -0.39 is 0 Å². The Morgan fingerprint density at radius 1 is 1.40 bits per heavy atom. The molecule has 8 heteroatoms. The van der Waals surface area contributed by atoms with Gasteiger partial charge in [0.1, 0.15) is 0 Å². The Labute approximate surface area is 173 Å². The van der Waals surface area contributed by atoms with Crippen LogP contribution < -0.4 is 10.6 Å². The first-order valence-corrected chi connectivity index (χ1v) is 9.60. The Morgan fingerprint density at radius 2 is 2.16 bits per heavy atom. The molecule has 25 heavy (non-hydrogen) atoms. The van der Waals surface area contributed by atoms with Crippen LogP contribution in [0.5, 0.6) is 0 Å². The number of halogens is 1. The molecule has 1 saturated heterocycles. The second-order valence-corrected chi connectivity index (χ2v) is 6.93. The molecule has 2 heterocycles. The fraction of sp³-hybridized carbons (Fsp3) is 0.706. The van der Waals surface area contributed by atoms with Gasteiger partial charge in [0.25, 0.3) is 0 Å². The van der Waals surface area contributed by atoms with Gasteiger partial charge < -0.3 is 20.3 Å². The third-order valence-corrected chi connectivity index (χ3v) is 5.34. The molecule has 0 aromatic carbocycles. The van der Waals surface area contributed by atoms with Crippen molar-refractivity contribution >= 4 is 41.3 Å². The van der Waals surface area contributed by atoms with Gasteiger partial charge in [-0.25, -0.2) is 0 Å². The van der Waals surface area contributed by atoms with Crippen molar-refractivity contribution in [2.75, 3.05) is 66.6 Å². The number of likely N-dealkylation sites (N-methyl/N-ethyl adjacent to an activating group) is 1. The molecule has 0 saturated carbocycles. The smallest absolute Gasteiger partial charge is 0.191 e. The first-order valence-electron chi connectivity index (χ1n) is 8.72. The van der Waals surface area contributed by atoms with E-state index in [1.54, 1.807) is 0 Å². The zero-order valence-corrected chi connectivity index (χ0v) is 18.7. The first kappa shape index (κ1) is 22.6. The normalized spacial score (nSPS) is 17.2. The van der Waals surface area contributed by atoms with E-state index in [1.165, 1.54) is 4.88 Å². The molecule has 2 rings (SSSR count). The van der Waals surface area contributed by atoms with Crippen molar-refractivity contribution in [3.8, 4) is 0 Å². The number of ether oxygens (including phenoxy) is 1. The molecule has 144 valence electrons. The van der Waals surface area contributed by atoms with Gasteiger partial charge >= 0.3 is 0 Å². The average Bonchev–Trinajstić information content (AvgIpc) is 3.15. The van der Waals surface area contributed by atoms with E-state index in [2.05, 4.69) is 56.9 Å². The van der Waals surface area contributed by atoms with E-state index in [0.29, 0.717) is 6.04 Å². The van der Waals surface area contributed by atoms with Gasteiger partial charge in [0.05, 0.1) is 19.3 Å². The van der Waals surface area contributed by atoms with Gasteiger partial charge in [-0.05, 0) is 25.0 Å². The van der Waals surface area contributed by atoms with Gasteiger partial charge in [-0.1, -0.05) is 13.0 Å². The van der Waals surface area contributed by atoms with Gasteiger partial charge in [0.2, 0.25) is 0 Å². The maximum absolute atomic E-state index is 5.50. The molecule has 1 fully saturated rings. The average molecular weight is 481 g/mol. The Kier molecular flexibility index (Phi) is 11.6. The third-order valence-electron chi connectivity index (χ3n) is 4.37. The van der Waals surface area contributed by atoms with Crippen LogP contribution in [0.25, 0.3) is 0 Å². The molecule has 1 aliphatic rings. The summed E-state index contributed by atoms with van der Waals surface area (Å²) in [5, 5.41) is 9.04. The summed E-state index contributed by atoms with van der Waals surface area (Å²) in [6.07, 6.45) is 0. The van der Waals surface area contributed by atoms with E-state index in [0.717, 1.165) is 58.4 Å². The lowest BCUT2D eigenvalue weighted by atomic mass is 10.2. The van der Waals surface area contributed by atoms with Crippen molar-refractivity contribution in [1.82, 2.24) is 20.4 Å². The van der Waals surface area contributed by atoms with Crippen molar-refractivity contribution in [2.45, 2.75) is 13.0 Å². The van der Waals surface area contributed by atoms with Crippen LogP contribution in [0.3, 0.4) is 0 Å². The summed E-state index contributed by atoms with van der Waals surface area (Å²) >= 11 is 1.82. The van der Waals surface area contributed by atoms with Gasteiger partial charge in [0, 0.05) is 44.6 Å². The zero-order chi connectivity index (χ0) is 17.2. The van der Waals surface area contributed by atoms with Crippen molar-refractivity contribution < 1.29 is 4.74 Å². The highest BCUT2D eigenvalue weighted by Gasteiger charge is 2.23. The lowest BCUT2D eigenvalue weighted by Crippen LogP contribution is -2.47. The van der Waals surface area contributed by atoms with Crippen LogP contribution in [0.1, 0.15) is 17.8 Å². The molecule has 1 aromatic rings. The number of morpholine rings is 1. The van der Waals surface area contributed by atoms with Gasteiger partial charge in [0.15, 0.2) is 5.96 Å². The minimum absolute atomic E-state index is 0. The fourth-order valence-corrected chi connectivity index (χ4v) is 3.58. The second-order valence-electron chi connectivity index (χ2n) is 5.96. The monoisotopic (exact) mass is 481 g/mol. The molecular weight excluding hydrogens is 449 g/mol. The molecule has 1 aliphatic heterocycles. The summed E-state index contributed by atoms with van der Waals surface area (Å²) in [6.45, 7) is 9.59. The van der Waals surface area contributed by atoms with E-state index in [1.807, 2.05) is 18.4 Å². The molecule has 2 N–H and O–H groups in total. The molecular formula is C17H32IN5OS. The number of thiophene rings is 1. The Balaban J connectivity index is 0.00000312. The summed E-state index contributed by atoms with van der Waals surface area (Å²) in [5.41, 5.74) is 0. The van der Waals surface area contributed by atoms with E-state index >= 15 is 0 Å². The van der Waals surface area contributed by atoms with Crippen LogP contribution in [0.15, 0.2) is 22.5 Å². The Hall–Kier alpha value is -0.420. The number of guanidine groups is 1. The second kappa shape index (κ2) is 12.9. The summed E-state index contributed by atoms with van der Waals surface area (Å²) in [5.74, 6) is 0.870. The molecule has 1 unspecified atom stereocenters. The topological polar surface area (TPSA) is 52.1 Å². The standard InChI is InChI=1S/C17H31N5OS.HI/c1-4-21(3)8-7-19-17(18-2)20-14-15(16-6-5-13-24-16)22-9-11-23-12-10-22;/h5-6,13,15H,4,7-12,14H2,1-3H3,(H2,18,19,20);1H. The number of aliphatic imine (C=N–C) groups is 1. The SMILES string of the molecule is CCN(C)CCNC(=NC)NCC(c1cccs1)N1CCOCC1.I. The fourth-order valence-electron chi connectivity index (χ4n) is 2.72. The Morgan fingerprint density at radius 3 is 2.76 bits per heavy atom. The highest BCUT2D eigenvalue weighted by molar-refractivity contribution is 14.0. The molecule has 0 spiro atoms. The first-order chi connectivity index (χ1) is 11.7. The quantitative estimate of drug-likeness (QED) is 0.337. The summed E-state index contributed by atoms with van der Waals surface area (Å²) in [4.78, 5) is 10.5. The van der Waals surface area contributed by atoms with Crippen LogP contribution in [-0.2, 0) is 4.74 Å². The van der Waals surface area contributed by atoms with E-state index in [-0.39, 0.29) is 24.0 Å². The molecule has 1 atom stereocenters. The summed E-state index contributed by atoms with van der Waals surface area (Å²) < 4.78 is 5.50. The van der Waals surface area contributed by atoms with Crippen molar-refractivity contribution in [3.05, 3.63) is 22.4 Å². The van der Waals surface area contributed by atoms with Crippen molar-refractivity contribution in [2.24, 2.45) is 4.99 Å². The molecule has 0 radical (unpaired) electrons. The van der Waals surface area contributed by atoms with Gasteiger partial charge in [-0.3, -0.25) is 9.89 Å². The van der Waals surface area contributed by atoms with Crippen LogP contribution in [0.4, 0.5) is 0 Å². The van der Waals surface area contributed by atoms with Gasteiger partial charge in [-0.2, -0.15) is 0 Å². The number of nitrogens with zero attached hydrogens (tertiary/aromatic N) is 3. The molecule has 1 aromatic heterocycles. The third kappa shape index (κ3) is 7.78. The zero-order valence-electron chi connectivity index (χ0n) is 15.5. The minimum Gasteiger partial charge on any atom is -0.379 e. The number of hydrogen-bond acceptors (Lipinski definition) is 5. The van der Waals surface area contributed by atoms with Crippen LogP contribution in [0.2, 0.25) is 0 Å². The van der Waals surface area contributed by atoms with E-state index in [9.17, 15) is 0 Å². The Bertz CT molecular complexity index is 479. The van der Waals surface area contributed by atoms with Crippen molar-refractivity contribution in [1.29, 1.82) is 0 Å². The number of hydrogen-bond donors (Lipinski definition) is 2. The largest absolute Gasteiger partial charge is 0.379 e. The maximum atomic E-state index is 5.50. The van der Waals surface area contributed by atoms with Crippen LogP contribution >= 0.6 is 35.3 Å². The highest BCUT2D eigenvalue weighted by Crippen LogP contribution is 2.25. The maximum Gasteiger partial charge on any atom is 0.191 e. The molecule has 6 nitrogen and oxygen atoms in total. The minimum atomic E-state index is 0. The van der Waals surface area contributed by atoms with E-state index in [4.69, 9.17) is 4.74 Å². The van der Waals surface area contributed by atoms with Crippen LogP contribution in [0, 0.1) is 0 Å². The van der Waals surface area contributed by atoms with Crippen LogP contribution in [-0.4, -0.2) is 82.3 Å². The molecule has 0 aliphatic carbocycles. The summed E-state index contributed by atoms with van der Waals surface area (Å²) in [7, 11) is 3.96. The lowest BCUT2D eigenvalue weighted by Gasteiger charge is -2.34. The van der Waals surface area contributed by atoms with Crippen molar-refractivity contribution in [3.63, 3.8) is 0 Å².